The summed E-state index contributed by atoms with van der Waals surface area (Å²) in [5.74, 6) is 0.0984. The van der Waals surface area contributed by atoms with E-state index < -0.39 is 0 Å². The maximum absolute atomic E-state index is 13.1. The maximum atomic E-state index is 13.1. The van der Waals surface area contributed by atoms with Crippen molar-refractivity contribution in [2.75, 3.05) is 24.9 Å². The molecule has 172 valence electrons. The molecule has 0 heterocycles. The van der Waals surface area contributed by atoms with E-state index in [2.05, 4.69) is 26.6 Å². The Bertz CT molecular complexity index is 1410. The molecule has 2 amide bonds. The average Bonchev–Trinajstić information content (AvgIpc) is 2.85. The number of carbonyl (C=O) groups excluding carboxylic acids is 2. The Balaban J connectivity index is 1.60. The van der Waals surface area contributed by atoms with Gasteiger partial charge in [-0.05, 0) is 57.0 Å². The fourth-order valence-corrected chi connectivity index (χ4v) is 4.52. The number of hydrogen-bond acceptors (Lipinski definition) is 4. The van der Waals surface area contributed by atoms with Crippen LogP contribution in [0, 0.1) is 0 Å². The molecule has 0 aromatic heterocycles. The van der Waals surface area contributed by atoms with Crippen molar-refractivity contribution in [2.24, 2.45) is 0 Å². The summed E-state index contributed by atoms with van der Waals surface area (Å²) in [5.41, 5.74) is 1.65. The summed E-state index contributed by atoms with van der Waals surface area (Å²) in [5, 5.41) is 7.84. The molecular weight excluding hydrogens is 520 g/mol. The van der Waals surface area contributed by atoms with Crippen molar-refractivity contribution in [3.63, 3.8) is 0 Å². The molecule has 0 saturated heterocycles. The lowest BCUT2D eigenvalue weighted by molar-refractivity contribution is 0.101. The molecule has 0 radical (unpaired) electrons. The minimum absolute atomic E-state index is 0.345. The summed E-state index contributed by atoms with van der Waals surface area (Å²) in [6, 6.07) is 21.2. The fraction of sp³-hybridized carbons (Fsp3) is 0.0769. The highest BCUT2D eigenvalue weighted by Crippen LogP contribution is 2.37. The van der Waals surface area contributed by atoms with Crippen LogP contribution >= 0.6 is 27.5 Å². The average molecular weight is 540 g/mol. The molecule has 0 unspecified atom stereocenters. The SMILES string of the molecule is COc1cc(NC(=O)c2cc3ccccc3c(Br)c2OC)ccc1NC(=O)c1ccccc1Cl. The monoisotopic (exact) mass is 538 g/mol. The smallest absolute Gasteiger partial charge is 0.259 e. The van der Waals surface area contributed by atoms with Crippen molar-refractivity contribution < 1.29 is 19.1 Å². The summed E-state index contributed by atoms with van der Waals surface area (Å²) in [4.78, 5) is 25.8. The first-order chi connectivity index (χ1) is 16.4. The second-order valence-electron chi connectivity index (χ2n) is 7.30. The zero-order valence-electron chi connectivity index (χ0n) is 18.3. The molecule has 0 spiro atoms. The molecular formula is C26H20BrClN2O4. The summed E-state index contributed by atoms with van der Waals surface area (Å²) >= 11 is 9.67. The first kappa shape index (κ1) is 23.6. The number of amides is 2. The molecule has 0 aliphatic rings. The second kappa shape index (κ2) is 10.2. The number of ether oxygens (including phenoxy) is 2. The molecule has 6 nitrogen and oxygen atoms in total. The van der Waals surface area contributed by atoms with Crippen LogP contribution in [0.15, 0.2) is 77.3 Å². The normalized spacial score (nSPS) is 10.6. The van der Waals surface area contributed by atoms with Gasteiger partial charge in [0.1, 0.15) is 11.5 Å². The lowest BCUT2D eigenvalue weighted by Crippen LogP contribution is -2.15. The standard InChI is InChI=1S/C26H20BrClN2O4/c1-33-22-14-16(11-12-21(22)30-25(31)18-9-5-6-10-20(18)28)29-26(32)19-13-15-7-3-4-8-17(15)23(27)24(19)34-2/h3-14H,1-2H3,(H,29,32)(H,30,31). The number of benzene rings is 4. The van der Waals surface area contributed by atoms with Crippen LogP contribution in [0.2, 0.25) is 5.02 Å². The first-order valence-electron chi connectivity index (χ1n) is 10.2. The van der Waals surface area contributed by atoms with Gasteiger partial charge in [-0.1, -0.05) is 48.0 Å². The van der Waals surface area contributed by atoms with Gasteiger partial charge in [-0.15, -0.1) is 0 Å². The van der Waals surface area contributed by atoms with Crippen LogP contribution in [-0.2, 0) is 0 Å². The lowest BCUT2D eigenvalue weighted by atomic mass is 10.0. The molecule has 0 saturated carbocycles. The van der Waals surface area contributed by atoms with E-state index >= 15 is 0 Å². The highest BCUT2D eigenvalue weighted by molar-refractivity contribution is 9.10. The Labute approximate surface area is 210 Å². The van der Waals surface area contributed by atoms with Gasteiger partial charge in [-0.2, -0.15) is 0 Å². The number of methoxy groups -OCH3 is 2. The minimum atomic E-state index is -0.369. The van der Waals surface area contributed by atoms with Crippen molar-refractivity contribution >= 4 is 61.5 Å². The highest BCUT2D eigenvalue weighted by atomic mass is 79.9. The Morgan fingerprint density at radius 1 is 0.824 bits per heavy atom. The van der Waals surface area contributed by atoms with Crippen LogP contribution < -0.4 is 20.1 Å². The van der Waals surface area contributed by atoms with Crippen LogP contribution in [0.1, 0.15) is 20.7 Å². The summed E-state index contributed by atoms with van der Waals surface area (Å²) in [6.45, 7) is 0. The van der Waals surface area contributed by atoms with E-state index in [-0.39, 0.29) is 11.8 Å². The Morgan fingerprint density at radius 3 is 2.26 bits per heavy atom. The van der Waals surface area contributed by atoms with Crippen molar-refractivity contribution in [1.82, 2.24) is 0 Å². The molecule has 0 bridgehead atoms. The summed E-state index contributed by atoms with van der Waals surface area (Å²) in [7, 11) is 3.00. The third kappa shape index (κ3) is 4.71. The molecule has 4 rings (SSSR count). The molecule has 4 aromatic carbocycles. The van der Waals surface area contributed by atoms with Gasteiger partial charge >= 0.3 is 0 Å². The first-order valence-corrected chi connectivity index (χ1v) is 11.4. The number of fused-ring (bicyclic) bond motifs is 1. The van der Waals surface area contributed by atoms with Gasteiger partial charge in [0.2, 0.25) is 0 Å². The lowest BCUT2D eigenvalue weighted by Gasteiger charge is -2.15. The van der Waals surface area contributed by atoms with Crippen LogP contribution in [0.25, 0.3) is 10.8 Å². The minimum Gasteiger partial charge on any atom is -0.495 e. The number of rotatable bonds is 6. The van der Waals surface area contributed by atoms with Crippen molar-refractivity contribution in [2.45, 2.75) is 0 Å². The van der Waals surface area contributed by atoms with E-state index in [9.17, 15) is 9.59 Å². The van der Waals surface area contributed by atoms with Crippen LogP contribution in [0.3, 0.4) is 0 Å². The second-order valence-corrected chi connectivity index (χ2v) is 8.50. The summed E-state index contributed by atoms with van der Waals surface area (Å²) < 4.78 is 11.6. The van der Waals surface area contributed by atoms with E-state index in [0.29, 0.717) is 43.5 Å². The third-order valence-electron chi connectivity index (χ3n) is 5.22. The molecule has 0 aliphatic carbocycles. The zero-order valence-corrected chi connectivity index (χ0v) is 20.7. The molecule has 2 N–H and O–H groups in total. The van der Waals surface area contributed by atoms with Gasteiger partial charge in [-0.25, -0.2) is 0 Å². The van der Waals surface area contributed by atoms with E-state index in [0.717, 1.165) is 10.8 Å². The molecule has 34 heavy (non-hydrogen) atoms. The van der Waals surface area contributed by atoms with Gasteiger partial charge in [0.05, 0.1) is 40.5 Å². The Morgan fingerprint density at radius 2 is 1.53 bits per heavy atom. The van der Waals surface area contributed by atoms with E-state index in [1.165, 1.54) is 14.2 Å². The predicted octanol–water partition coefficient (Wildman–Crippen LogP) is 6.78. The molecule has 8 heteroatoms. The van der Waals surface area contributed by atoms with Crippen molar-refractivity contribution in [3.8, 4) is 11.5 Å². The van der Waals surface area contributed by atoms with E-state index in [4.69, 9.17) is 21.1 Å². The highest BCUT2D eigenvalue weighted by Gasteiger charge is 2.19. The van der Waals surface area contributed by atoms with Crippen molar-refractivity contribution in [1.29, 1.82) is 0 Å². The maximum Gasteiger partial charge on any atom is 0.259 e. The van der Waals surface area contributed by atoms with Gasteiger partial charge in [-0.3, -0.25) is 9.59 Å². The molecule has 0 aliphatic heterocycles. The quantitative estimate of drug-likeness (QED) is 0.283. The van der Waals surface area contributed by atoms with Gasteiger partial charge in [0, 0.05) is 11.8 Å². The molecule has 4 aromatic rings. The number of anilines is 2. The van der Waals surface area contributed by atoms with Crippen LogP contribution in [0.5, 0.6) is 11.5 Å². The number of carbonyl (C=O) groups is 2. The largest absolute Gasteiger partial charge is 0.495 e. The zero-order chi connectivity index (χ0) is 24.2. The molecule has 0 atom stereocenters. The van der Waals surface area contributed by atoms with Gasteiger partial charge in [0.15, 0.2) is 0 Å². The van der Waals surface area contributed by atoms with Crippen LogP contribution in [0.4, 0.5) is 11.4 Å². The van der Waals surface area contributed by atoms with Crippen molar-refractivity contribution in [3.05, 3.63) is 93.4 Å². The number of nitrogens with one attached hydrogen (secondary N) is 2. The molecule has 0 fully saturated rings. The predicted molar refractivity (Wildman–Crippen MR) is 139 cm³/mol. The summed E-state index contributed by atoms with van der Waals surface area (Å²) in [6.07, 6.45) is 0. The Kier molecular flexibility index (Phi) is 7.05. The van der Waals surface area contributed by atoms with Gasteiger partial charge in [0.25, 0.3) is 11.8 Å². The Hall–Kier alpha value is -3.55. The fourth-order valence-electron chi connectivity index (χ4n) is 3.56. The van der Waals surface area contributed by atoms with Crippen LogP contribution in [-0.4, -0.2) is 26.0 Å². The number of halogens is 2. The third-order valence-corrected chi connectivity index (χ3v) is 6.33. The topological polar surface area (TPSA) is 76.7 Å². The number of hydrogen-bond donors (Lipinski definition) is 2. The van der Waals surface area contributed by atoms with Gasteiger partial charge < -0.3 is 20.1 Å². The van der Waals surface area contributed by atoms with E-state index in [1.54, 1.807) is 48.5 Å². The van der Waals surface area contributed by atoms with E-state index in [1.807, 2.05) is 24.3 Å².